The number of aromatic carboxylic acids is 1. The van der Waals surface area contributed by atoms with E-state index in [1.165, 1.54) is 24.3 Å². The van der Waals surface area contributed by atoms with Crippen molar-refractivity contribution < 1.29 is 19.4 Å². The van der Waals surface area contributed by atoms with Crippen LogP contribution in [-0.4, -0.2) is 36.9 Å². The van der Waals surface area contributed by atoms with E-state index >= 15 is 0 Å². The Balaban J connectivity index is 2.51. The smallest absolute Gasteiger partial charge is 0.335 e. The lowest BCUT2D eigenvalue weighted by molar-refractivity contribution is 0.0697. The summed E-state index contributed by atoms with van der Waals surface area (Å²) >= 11 is 0. The molecule has 18 heavy (non-hydrogen) atoms. The summed E-state index contributed by atoms with van der Waals surface area (Å²) in [7, 11) is 1.56. The zero-order chi connectivity index (χ0) is 13.5. The number of anilines is 1. The Labute approximate surface area is 105 Å². The average Bonchev–Trinajstić information content (AvgIpc) is 2.29. The number of nitrogens with one attached hydrogen (secondary N) is 2. The molecular formula is C12H16N2O4. The maximum atomic E-state index is 11.5. The molecule has 98 valence electrons. The van der Waals surface area contributed by atoms with Crippen LogP contribution in [-0.2, 0) is 4.74 Å². The minimum Gasteiger partial charge on any atom is -0.478 e. The third-order valence-electron chi connectivity index (χ3n) is 2.18. The van der Waals surface area contributed by atoms with Gasteiger partial charge in [-0.25, -0.2) is 9.59 Å². The maximum absolute atomic E-state index is 11.5. The molecule has 1 aromatic rings. The summed E-state index contributed by atoms with van der Waals surface area (Å²) in [6.07, 6.45) is 0. The van der Waals surface area contributed by atoms with Crippen LogP contribution in [0.3, 0.4) is 0 Å². The summed E-state index contributed by atoms with van der Waals surface area (Å²) in [6, 6.07) is 5.46. The van der Waals surface area contributed by atoms with Gasteiger partial charge >= 0.3 is 12.0 Å². The monoisotopic (exact) mass is 252 g/mol. The molecule has 0 aliphatic heterocycles. The lowest BCUT2D eigenvalue weighted by Crippen LogP contribution is -2.38. The molecule has 3 N–H and O–H groups in total. The fraction of sp³-hybridized carbons (Fsp3) is 0.333. The fourth-order valence-corrected chi connectivity index (χ4v) is 1.38. The number of carboxylic acid groups (broad SMARTS) is 1. The maximum Gasteiger partial charge on any atom is 0.335 e. The van der Waals surface area contributed by atoms with Gasteiger partial charge in [0.15, 0.2) is 0 Å². The highest BCUT2D eigenvalue weighted by molar-refractivity contribution is 5.91. The zero-order valence-corrected chi connectivity index (χ0v) is 10.3. The molecule has 0 aliphatic carbocycles. The van der Waals surface area contributed by atoms with E-state index in [1.807, 2.05) is 6.92 Å². The van der Waals surface area contributed by atoms with Crippen LogP contribution in [0.15, 0.2) is 24.3 Å². The second-order valence-corrected chi connectivity index (χ2v) is 3.84. The first-order valence-corrected chi connectivity index (χ1v) is 5.42. The van der Waals surface area contributed by atoms with Gasteiger partial charge in [-0.2, -0.15) is 0 Å². The van der Waals surface area contributed by atoms with Gasteiger partial charge in [-0.3, -0.25) is 0 Å². The van der Waals surface area contributed by atoms with Gasteiger partial charge in [0, 0.05) is 12.8 Å². The predicted octanol–water partition coefficient (Wildman–Crippen LogP) is 1.54. The van der Waals surface area contributed by atoms with Gasteiger partial charge in [-0.05, 0) is 31.2 Å². The SMILES string of the molecule is COCC(C)NC(=O)Nc1ccc(C(=O)O)cc1. The molecule has 1 atom stereocenters. The highest BCUT2D eigenvalue weighted by Gasteiger charge is 2.07. The van der Waals surface area contributed by atoms with Gasteiger partial charge in [0.2, 0.25) is 0 Å². The topological polar surface area (TPSA) is 87.7 Å². The van der Waals surface area contributed by atoms with Crippen molar-refractivity contribution in [2.45, 2.75) is 13.0 Å². The molecule has 2 amide bonds. The number of benzene rings is 1. The number of hydrogen-bond acceptors (Lipinski definition) is 3. The number of carbonyl (C=O) groups excluding carboxylic acids is 1. The number of methoxy groups -OCH3 is 1. The first kappa shape index (κ1) is 14.0. The lowest BCUT2D eigenvalue weighted by atomic mass is 10.2. The third kappa shape index (κ3) is 4.42. The average molecular weight is 252 g/mol. The van der Waals surface area contributed by atoms with Gasteiger partial charge in [-0.15, -0.1) is 0 Å². The number of carbonyl (C=O) groups is 2. The van der Waals surface area contributed by atoms with Gasteiger partial charge in [-0.1, -0.05) is 0 Å². The first-order chi connectivity index (χ1) is 8.52. The van der Waals surface area contributed by atoms with E-state index in [0.29, 0.717) is 12.3 Å². The quantitative estimate of drug-likeness (QED) is 0.741. The van der Waals surface area contributed by atoms with Crippen molar-refractivity contribution in [1.82, 2.24) is 5.32 Å². The summed E-state index contributed by atoms with van der Waals surface area (Å²) in [5, 5.41) is 14.0. The Hall–Kier alpha value is -2.08. The van der Waals surface area contributed by atoms with E-state index < -0.39 is 5.97 Å². The summed E-state index contributed by atoms with van der Waals surface area (Å²) in [5.41, 5.74) is 0.704. The first-order valence-electron chi connectivity index (χ1n) is 5.42. The van der Waals surface area contributed by atoms with E-state index in [-0.39, 0.29) is 17.6 Å². The molecule has 1 rings (SSSR count). The van der Waals surface area contributed by atoms with Crippen molar-refractivity contribution in [3.8, 4) is 0 Å². The minimum atomic E-state index is -1.00. The van der Waals surface area contributed by atoms with Crippen molar-refractivity contribution in [3.63, 3.8) is 0 Å². The van der Waals surface area contributed by atoms with Gasteiger partial charge < -0.3 is 20.5 Å². The Morgan fingerprint density at radius 2 is 1.94 bits per heavy atom. The summed E-state index contributed by atoms with van der Waals surface area (Å²) in [6.45, 7) is 2.24. The molecule has 1 aromatic carbocycles. The van der Waals surface area contributed by atoms with Crippen LogP contribution in [0, 0.1) is 0 Å². The molecule has 0 heterocycles. The van der Waals surface area contributed by atoms with Crippen molar-refractivity contribution in [1.29, 1.82) is 0 Å². The molecule has 0 spiro atoms. The molecule has 0 saturated heterocycles. The van der Waals surface area contributed by atoms with E-state index in [1.54, 1.807) is 7.11 Å². The van der Waals surface area contributed by atoms with Crippen molar-refractivity contribution in [2.24, 2.45) is 0 Å². The van der Waals surface area contributed by atoms with Crippen molar-refractivity contribution in [2.75, 3.05) is 19.0 Å². The van der Waals surface area contributed by atoms with Gasteiger partial charge in [0.1, 0.15) is 0 Å². The highest BCUT2D eigenvalue weighted by atomic mass is 16.5. The molecule has 0 bridgehead atoms. The second-order valence-electron chi connectivity index (χ2n) is 3.84. The number of amides is 2. The lowest BCUT2D eigenvalue weighted by Gasteiger charge is -2.13. The Bertz CT molecular complexity index is 417. The largest absolute Gasteiger partial charge is 0.478 e. The number of hydrogen-bond donors (Lipinski definition) is 3. The predicted molar refractivity (Wildman–Crippen MR) is 66.9 cm³/mol. The van der Waals surface area contributed by atoms with Crippen LogP contribution in [0.5, 0.6) is 0 Å². The van der Waals surface area contributed by atoms with E-state index in [0.717, 1.165) is 0 Å². The number of carboxylic acids is 1. The Kier molecular flexibility index (Phi) is 5.13. The molecule has 0 aromatic heterocycles. The molecule has 6 heteroatoms. The third-order valence-corrected chi connectivity index (χ3v) is 2.18. The molecule has 0 radical (unpaired) electrons. The minimum absolute atomic E-state index is 0.103. The Morgan fingerprint density at radius 3 is 2.44 bits per heavy atom. The van der Waals surface area contributed by atoms with Crippen LogP contribution in [0.2, 0.25) is 0 Å². The normalized spacial score (nSPS) is 11.7. The van der Waals surface area contributed by atoms with Gasteiger partial charge in [0.25, 0.3) is 0 Å². The van der Waals surface area contributed by atoms with Crippen LogP contribution in [0.25, 0.3) is 0 Å². The van der Waals surface area contributed by atoms with E-state index in [9.17, 15) is 9.59 Å². The fourth-order valence-electron chi connectivity index (χ4n) is 1.38. The zero-order valence-electron chi connectivity index (χ0n) is 10.3. The van der Waals surface area contributed by atoms with Crippen LogP contribution >= 0.6 is 0 Å². The molecule has 0 saturated carbocycles. The number of urea groups is 1. The van der Waals surface area contributed by atoms with E-state index in [2.05, 4.69) is 10.6 Å². The number of rotatable bonds is 5. The van der Waals surface area contributed by atoms with Crippen molar-refractivity contribution in [3.05, 3.63) is 29.8 Å². The van der Waals surface area contributed by atoms with E-state index in [4.69, 9.17) is 9.84 Å². The Morgan fingerprint density at radius 1 is 1.33 bits per heavy atom. The summed E-state index contributed by atoms with van der Waals surface area (Å²) in [5.74, 6) is -1.00. The van der Waals surface area contributed by atoms with Crippen LogP contribution in [0.4, 0.5) is 10.5 Å². The standard InChI is InChI=1S/C12H16N2O4/c1-8(7-18-2)13-12(17)14-10-5-3-9(4-6-10)11(15)16/h3-6,8H,7H2,1-2H3,(H,15,16)(H2,13,14,17). The molecule has 6 nitrogen and oxygen atoms in total. The summed E-state index contributed by atoms with van der Waals surface area (Å²) in [4.78, 5) is 22.2. The van der Waals surface area contributed by atoms with Crippen LogP contribution < -0.4 is 10.6 Å². The van der Waals surface area contributed by atoms with Gasteiger partial charge in [0.05, 0.1) is 18.2 Å². The molecule has 1 unspecified atom stereocenters. The summed E-state index contributed by atoms with van der Waals surface area (Å²) < 4.78 is 4.89. The molecular weight excluding hydrogens is 236 g/mol. The number of ether oxygens (including phenoxy) is 1. The van der Waals surface area contributed by atoms with Crippen LogP contribution in [0.1, 0.15) is 17.3 Å². The molecule has 0 fully saturated rings. The second kappa shape index (κ2) is 6.61. The molecule has 0 aliphatic rings. The highest BCUT2D eigenvalue weighted by Crippen LogP contribution is 2.09. The van der Waals surface area contributed by atoms with Crippen molar-refractivity contribution >= 4 is 17.7 Å².